The standard InChI is InChI=1S/C11H12ClN3O5/c1-3-11(12)7(17)6(5(2)16)20-8(11)15-4-13-9(18)14-10(15)19/h1,4-8,16-17H,2H3,(H,14,18,19)/t5-,6-,7+,8-,11?/m1/s1. The van der Waals surface area contributed by atoms with E-state index in [1.54, 1.807) is 0 Å². The van der Waals surface area contributed by atoms with Crippen LogP contribution in [0.2, 0.25) is 0 Å². The number of nitrogens with one attached hydrogen (secondary N) is 1. The number of aromatic nitrogens is 3. The van der Waals surface area contributed by atoms with Gasteiger partial charge < -0.3 is 14.9 Å². The summed E-state index contributed by atoms with van der Waals surface area (Å²) in [6.07, 6.45) is 1.41. The smallest absolute Gasteiger partial charge is 0.350 e. The first-order chi connectivity index (χ1) is 9.31. The lowest BCUT2D eigenvalue weighted by Crippen LogP contribution is -2.45. The molecule has 0 spiro atoms. The maximum atomic E-state index is 11.7. The molecule has 20 heavy (non-hydrogen) atoms. The highest BCUT2D eigenvalue weighted by Crippen LogP contribution is 2.43. The van der Waals surface area contributed by atoms with Crippen LogP contribution in [0.25, 0.3) is 0 Å². The molecule has 8 nitrogen and oxygen atoms in total. The van der Waals surface area contributed by atoms with Gasteiger partial charge in [0.15, 0.2) is 11.1 Å². The minimum absolute atomic E-state index is 0.835. The number of ether oxygens (including phenoxy) is 1. The van der Waals surface area contributed by atoms with Crippen LogP contribution in [-0.4, -0.2) is 47.9 Å². The Kier molecular flexibility index (Phi) is 3.71. The average molecular weight is 302 g/mol. The molecule has 5 atom stereocenters. The molecule has 2 rings (SSSR count). The maximum absolute atomic E-state index is 11.7. The van der Waals surface area contributed by atoms with Crippen LogP contribution in [0, 0.1) is 12.3 Å². The molecule has 0 aliphatic carbocycles. The van der Waals surface area contributed by atoms with E-state index in [1.807, 2.05) is 4.98 Å². The monoisotopic (exact) mass is 301 g/mol. The Bertz CT molecular complexity index is 663. The van der Waals surface area contributed by atoms with Gasteiger partial charge in [0, 0.05) is 0 Å². The zero-order chi connectivity index (χ0) is 15.1. The number of halogens is 1. The SMILES string of the molecule is C#CC1(Cl)[C@@H](O)[C@@H]([C@@H](C)O)O[C@H]1n1cnc(=O)[nH]c1=O. The van der Waals surface area contributed by atoms with Gasteiger partial charge in [-0.1, -0.05) is 17.5 Å². The number of H-pyrrole nitrogens is 1. The summed E-state index contributed by atoms with van der Waals surface area (Å²) in [4.78, 5) is 26.2. The van der Waals surface area contributed by atoms with Crippen molar-refractivity contribution in [2.45, 2.75) is 36.3 Å². The van der Waals surface area contributed by atoms with Crippen molar-refractivity contribution in [3.8, 4) is 12.3 Å². The summed E-state index contributed by atoms with van der Waals surface area (Å²) in [5, 5.41) is 19.6. The van der Waals surface area contributed by atoms with Crippen LogP contribution in [0.3, 0.4) is 0 Å². The third-order valence-electron chi connectivity index (χ3n) is 3.08. The summed E-state index contributed by atoms with van der Waals surface area (Å²) >= 11 is 6.15. The van der Waals surface area contributed by atoms with E-state index in [1.165, 1.54) is 6.92 Å². The fraction of sp³-hybridized carbons (Fsp3) is 0.545. The first kappa shape index (κ1) is 14.7. The minimum Gasteiger partial charge on any atom is -0.391 e. The summed E-state index contributed by atoms with van der Waals surface area (Å²) in [6.45, 7) is 1.39. The van der Waals surface area contributed by atoms with E-state index in [2.05, 4.69) is 10.9 Å². The van der Waals surface area contributed by atoms with Gasteiger partial charge in [-0.05, 0) is 6.92 Å². The van der Waals surface area contributed by atoms with Gasteiger partial charge in [0.05, 0.1) is 6.10 Å². The normalized spacial score (nSPS) is 34.6. The zero-order valence-corrected chi connectivity index (χ0v) is 11.1. The van der Waals surface area contributed by atoms with Crippen LogP contribution in [0.15, 0.2) is 15.9 Å². The van der Waals surface area contributed by atoms with E-state index >= 15 is 0 Å². The fourth-order valence-corrected chi connectivity index (χ4v) is 2.31. The molecule has 1 unspecified atom stereocenters. The highest BCUT2D eigenvalue weighted by Gasteiger charge is 2.57. The van der Waals surface area contributed by atoms with E-state index in [9.17, 15) is 19.8 Å². The first-order valence-corrected chi connectivity index (χ1v) is 6.04. The van der Waals surface area contributed by atoms with E-state index in [0.29, 0.717) is 0 Å². The van der Waals surface area contributed by atoms with Gasteiger partial charge in [0.2, 0.25) is 0 Å². The van der Waals surface area contributed by atoms with E-state index in [0.717, 1.165) is 10.9 Å². The molecule has 3 N–H and O–H groups in total. The Balaban J connectivity index is 2.53. The third kappa shape index (κ3) is 2.14. The molecule has 1 aromatic heterocycles. The molecule has 108 valence electrons. The van der Waals surface area contributed by atoms with Gasteiger partial charge in [0.1, 0.15) is 18.5 Å². The molecule has 1 fully saturated rings. The number of aromatic amines is 1. The fourth-order valence-electron chi connectivity index (χ4n) is 2.03. The summed E-state index contributed by atoms with van der Waals surface area (Å²) < 4.78 is 6.24. The van der Waals surface area contributed by atoms with Crippen molar-refractivity contribution >= 4 is 11.6 Å². The van der Waals surface area contributed by atoms with Crippen LogP contribution in [-0.2, 0) is 4.74 Å². The van der Waals surface area contributed by atoms with Crippen molar-refractivity contribution < 1.29 is 14.9 Å². The third-order valence-corrected chi connectivity index (χ3v) is 3.60. The number of hydrogen-bond acceptors (Lipinski definition) is 6. The molecule has 0 aromatic carbocycles. The Morgan fingerprint density at radius 3 is 2.85 bits per heavy atom. The van der Waals surface area contributed by atoms with Gasteiger partial charge in [0.25, 0.3) is 0 Å². The highest BCUT2D eigenvalue weighted by molar-refractivity contribution is 6.27. The zero-order valence-electron chi connectivity index (χ0n) is 10.4. The highest BCUT2D eigenvalue weighted by atomic mass is 35.5. The molecular formula is C11H12ClN3O5. The lowest BCUT2D eigenvalue weighted by molar-refractivity contribution is -0.0776. The Labute approximate surface area is 118 Å². The number of rotatable bonds is 2. The molecule has 2 heterocycles. The van der Waals surface area contributed by atoms with Crippen molar-refractivity contribution in [2.75, 3.05) is 0 Å². The molecule has 1 aliphatic rings. The minimum atomic E-state index is -1.77. The Morgan fingerprint density at radius 1 is 1.70 bits per heavy atom. The molecule has 0 radical (unpaired) electrons. The van der Waals surface area contributed by atoms with Crippen LogP contribution in [0.5, 0.6) is 0 Å². The van der Waals surface area contributed by atoms with Gasteiger partial charge in [-0.25, -0.2) is 9.59 Å². The molecule has 0 bridgehead atoms. The van der Waals surface area contributed by atoms with Crippen molar-refractivity contribution in [3.05, 3.63) is 27.3 Å². The topological polar surface area (TPSA) is 117 Å². The van der Waals surface area contributed by atoms with Gasteiger partial charge >= 0.3 is 11.4 Å². The second-order valence-electron chi connectivity index (χ2n) is 4.44. The molecule has 1 saturated heterocycles. The molecule has 1 aliphatic heterocycles. The summed E-state index contributed by atoms with van der Waals surface area (Å²) in [5.41, 5.74) is -1.67. The molecule has 9 heteroatoms. The van der Waals surface area contributed by atoms with Crippen LogP contribution in [0.1, 0.15) is 13.2 Å². The maximum Gasteiger partial charge on any atom is 0.350 e. The number of terminal acetylenes is 1. The van der Waals surface area contributed by atoms with Crippen LogP contribution < -0.4 is 11.4 Å². The quantitative estimate of drug-likeness (QED) is 0.437. The second kappa shape index (κ2) is 5.03. The van der Waals surface area contributed by atoms with Crippen molar-refractivity contribution in [1.82, 2.24) is 14.5 Å². The Morgan fingerprint density at radius 2 is 2.35 bits per heavy atom. The molecule has 0 amide bonds. The number of aliphatic hydroxyl groups is 2. The lowest BCUT2D eigenvalue weighted by Gasteiger charge is -2.25. The van der Waals surface area contributed by atoms with Gasteiger partial charge in [-0.2, -0.15) is 4.98 Å². The summed E-state index contributed by atoms with van der Waals surface area (Å²) in [6, 6.07) is 0. The van der Waals surface area contributed by atoms with Crippen LogP contribution in [0.4, 0.5) is 0 Å². The number of aliphatic hydroxyl groups excluding tert-OH is 2. The number of alkyl halides is 1. The number of nitrogens with zero attached hydrogens (tertiary/aromatic N) is 2. The average Bonchev–Trinajstić information content (AvgIpc) is 2.64. The predicted molar refractivity (Wildman–Crippen MR) is 68.1 cm³/mol. The summed E-state index contributed by atoms with van der Waals surface area (Å²) in [7, 11) is 0. The largest absolute Gasteiger partial charge is 0.391 e. The second-order valence-corrected chi connectivity index (χ2v) is 5.06. The molecule has 1 aromatic rings. The van der Waals surface area contributed by atoms with E-state index in [-0.39, 0.29) is 0 Å². The van der Waals surface area contributed by atoms with Crippen LogP contribution >= 0.6 is 11.6 Å². The first-order valence-electron chi connectivity index (χ1n) is 5.67. The summed E-state index contributed by atoms with van der Waals surface area (Å²) in [5.74, 6) is 2.17. The van der Waals surface area contributed by atoms with Crippen molar-refractivity contribution in [3.63, 3.8) is 0 Å². The Hall–Kier alpha value is -1.66. The van der Waals surface area contributed by atoms with Crippen molar-refractivity contribution in [2.24, 2.45) is 0 Å². The van der Waals surface area contributed by atoms with Crippen molar-refractivity contribution in [1.29, 1.82) is 0 Å². The molecule has 0 saturated carbocycles. The van der Waals surface area contributed by atoms with Gasteiger partial charge in [-0.3, -0.25) is 9.55 Å². The predicted octanol–water partition coefficient (Wildman–Crippen LogP) is -1.82. The number of hydrogen-bond donors (Lipinski definition) is 3. The van der Waals surface area contributed by atoms with E-state index < -0.39 is 40.8 Å². The van der Waals surface area contributed by atoms with Gasteiger partial charge in [-0.15, -0.1) is 6.42 Å². The van der Waals surface area contributed by atoms with E-state index in [4.69, 9.17) is 22.8 Å². The lowest BCUT2D eigenvalue weighted by atomic mass is 9.97. The molecular weight excluding hydrogens is 290 g/mol.